The van der Waals surface area contributed by atoms with Crippen LogP contribution in [0.15, 0.2) is 46.9 Å². The standard InChI is InChI=1S/C20H26BrNO2/c1-5-20(2,3)22-13-16-11-17(21)19(18(12-16)23-4)24-14-15-9-7-6-8-10-15/h6-12,22H,5,13-14H2,1-4H3. The van der Waals surface area contributed by atoms with Crippen LogP contribution in [0.1, 0.15) is 38.3 Å². The number of nitrogens with one attached hydrogen (secondary N) is 1. The van der Waals surface area contributed by atoms with Crippen LogP contribution in [0.5, 0.6) is 11.5 Å². The predicted molar refractivity (Wildman–Crippen MR) is 103 cm³/mol. The zero-order chi connectivity index (χ0) is 17.6. The lowest BCUT2D eigenvalue weighted by atomic mass is 10.0. The molecule has 0 unspecified atom stereocenters. The number of halogens is 1. The van der Waals surface area contributed by atoms with E-state index >= 15 is 0 Å². The maximum Gasteiger partial charge on any atom is 0.175 e. The van der Waals surface area contributed by atoms with E-state index in [-0.39, 0.29) is 5.54 Å². The first-order chi connectivity index (χ1) is 11.4. The third-order valence-electron chi connectivity index (χ3n) is 4.17. The summed E-state index contributed by atoms with van der Waals surface area (Å²) in [5.41, 5.74) is 2.40. The average Bonchev–Trinajstić information content (AvgIpc) is 2.59. The zero-order valence-electron chi connectivity index (χ0n) is 14.9. The van der Waals surface area contributed by atoms with Crippen LogP contribution in [0.25, 0.3) is 0 Å². The summed E-state index contributed by atoms with van der Waals surface area (Å²) in [6.45, 7) is 7.89. The second-order valence-electron chi connectivity index (χ2n) is 6.47. The molecule has 0 saturated carbocycles. The highest BCUT2D eigenvalue weighted by molar-refractivity contribution is 9.10. The fourth-order valence-corrected chi connectivity index (χ4v) is 2.82. The van der Waals surface area contributed by atoms with Crippen LogP contribution in [-0.2, 0) is 13.2 Å². The van der Waals surface area contributed by atoms with Gasteiger partial charge in [-0.1, -0.05) is 37.3 Å². The van der Waals surface area contributed by atoms with E-state index in [0.717, 1.165) is 40.1 Å². The van der Waals surface area contributed by atoms with Crippen molar-refractivity contribution in [2.45, 2.75) is 45.9 Å². The molecule has 4 heteroatoms. The molecule has 0 aromatic heterocycles. The molecule has 130 valence electrons. The lowest BCUT2D eigenvalue weighted by Gasteiger charge is -2.25. The van der Waals surface area contributed by atoms with E-state index in [1.165, 1.54) is 0 Å². The van der Waals surface area contributed by atoms with Crippen LogP contribution in [-0.4, -0.2) is 12.6 Å². The molecule has 0 aliphatic rings. The second kappa shape index (κ2) is 8.54. The monoisotopic (exact) mass is 391 g/mol. The Labute approximate surface area is 153 Å². The molecule has 2 aromatic carbocycles. The van der Waals surface area contributed by atoms with Crippen LogP contribution in [0.2, 0.25) is 0 Å². The summed E-state index contributed by atoms with van der Waals surface area (Å²) in [7, 11) is 1.67. The first-order valence-corrected chi connectivity index (χ1v) is 9.02. The second-order valence-corrected chi connectivity index (χ2v) is 7.33. The highest BCUT2D eigenvalue weighted by atomic mass is 79.9. The number of hydrogen-bond acceptors (Lipinski definition) is 3. The summed E-state index contributed by atoms with van der Waals surface area (Å²) in [4.78, 5) is 0. The number of methoxy groups -OCH3 is 1. The summed E-state index contributed by atoms with van der Waals surface area (Å²) in [5.74, 6) is 1.48. The van der Waals surface area contributed by atoms with Crippen molar-refractivity contribution < 1.29 is 9.47 Å². The van der Waals surface area contributed by atoms with E-state index in [4.69, 9.17) is 9.47 Å². The molecule has 0 heterocycles. The SMILES string of the molecule is CCC(C)(C)NCc1cc(Br)c(OCc2ccccc2)c(OC)c1. The van der Waals surface area contributed by atoms with Gasteiger partial charge in [0, 0.05) is 12.1 Å². The quantitative estimate of drug-likeness (QED) is 0.660. The van der Waals surface area contributed by atoms with E-state index in [9.17, 15) is 0 Å². The van der Waals surface area contributed by atoms with Crippen molar-refractivity contribution in [1.29, 1.82) is 0 Å². The van der Waals surface area contributed by atoms with Gasteiger partial charge in [-0.25, -0.2) is 0 Å². The van der Waals surface area contributed by atoms with Crippen molar-refractivity contribution >= 4 is 15.9 Å². The Morgan fingerprint density at radius 3 is 2.42 bits per heavy atom. The molecule has 0 fully saturated rings. The van der Waals surface area contributed by atoms with Gasteiger partial charge in [-0.3, -0.25) is 0 Å². The Hall–Kier alpha value is -1.52. The molecule has 0 aliphatic heterocycles. The molecule has 0 amide bonds. The number of benzene rings is 2. The Morgan fingerprint density at radius 1 is 1.08 bits per heavy atom. The van der Waals surface area contributed by atoms with E-state index in [2.05, 4.69) is 48.1 Å². The maximum absolute atomic E-state index is 5.97. The highest BCUT2D eigenvalue weighted by Gasteiger charge is 2.16. The summed E-state index contributed by atoms with van der Waals surface area (Å²) >= 11 is 3.62. The molecule has 0 radical (unpaired) electrons. The van der Waals surface area contributed by atoms with Crippen LogP contribution in [0, 0.1) is 0 Å². The van der Waals surface area contributed by atoms with Gasteiger partial charge in [-0.15, -0.1) is 0 Å². The predicted octanol–water partition coefficient (Wildman–Crippen LogP) is 5.31. The molecule has 0 bridgehead atoms. The lowest BCUT2D eigenvalue weighted by Crippen LogP contribution is -2.37. The van der Waals surface area contributed by atoms with Crippen molar-refractivity contribution in [2.75, 3.05) is 7.11 Å². The zero-order valence-corrected chi connectivity index (χ0v) is 16.4. The Balaban J connectivity index is 2.12. The van der Waals surface area contributed by atoms with Crippen molar-refractivity contribution in [3.8, 4) is 11.5 Å². The van der Waals surface area contributed by atoms with Gasteiger partial charge in [-0.2, -0.15) is 0 Å². The van der Waals surface area contributed by atoms with E-state index < -0.39 is 0 Å². The number of hydrogen-bond donors (Lipinski definition) is 1. The normalized spacial score (nSPS) is 11.4. The molecule has 2 aromatic rings. The van der Waals surface area contributed by atoms with Crippen LogP contribution < -0.4 is 14.8 Å². The molecule has 2 rings (SSSR count). The largest absolute Gasteiger partial charge is 0.493 e. The van der Waals surface area contributed by atoms with Gasteiger partial charge >= 0.3 is 0 Å². The fourth-order valence-electron chi connectivity index (χ4n) is 2.21. The fraction of sp³-hybridized carbons (Fsp3) is 0.400. The lowest BCUT2D eigenvalue weighted by molar-refractivity contribution is 0.282. The minimum absolute atomic E-state index is 0.113. The van der Waals surface area contributed by atoms with Crippen molar-refractivity contribution in [3.05, 3.63) is 58.1 Å². The topological polar surface area (TPSA) is 30.5 Å². The first-order valence-electron chi connectivity index (χ1n) is 8.23. The van der Waals surface area contributed by atoms with Gasteiger partial charge in [0.15, 0.2) is 11.5 Å². The van der Waals surface area contributed by atoms with Crippen molar-refractivity contribution in [2.24, 2.45) is 0 Å². The Kier molecular flexibility index (Phi) is 6.69. The molecule has 24 heavy (non-hydrogen) atoms. The van der Waals surface area contributed by atoms with Crippen molar-refractivity contribution in [1.82, 2.24) is 5.32 Å². The van der Waals surface area contributed by atoms with E-state index in [0.29, 0.717) is 6.61 Å². The van der Waals surface area contributed by atoms with Crippen LogP contribution >= 0.6 is 15.9 Å². The average molecular weight is 392 g/mol. The smallest absolute Gasteiger partial charge is 0.175 e. The summed E-state index contributed by atoms with van der Waals surface area (Å²) in [6.07, 6.45) is 1.07. The van der Waals surface area contributed by atoms with Crippen molar-refractivity contribution in [3.63, 3.8) is 0 Å². The van der Waals surface area contributed by atoms with Gasteiger partial charge in [-0.05, 0) is 59.5 Å². The van der Waals surface area contributed by atoms with Gasteiger partial charge in [0.25, 0.3) is 0 Å². The molecule has 0 saturated heterocycles. The van der Waals surface area contributed by atoms with Gasteiger partial charge in [0.05, 0.1) is 11.6 Å². The molecule has 3 nitrogen and oxygen atoms in total. The molecule has 0 atom stereocenters. The Bertz CT molecular complexity index is 656. The van der Waals surface area contributed by atoms with Gasteiger partial charge in [0.1, 0.15) is 6.61 Å². The molecule has 1 N–H and O–H groups in total. The molecule has 0 aliphatic carbocycles. The number of ether oxygens (including phenoxy) is 2. The molecular formula is C20H26BrNO2. The number of rotatable bonds is 8. The highest BCUT2D eigenvalue weighted by Crippen LogP contribution is 2.37. The van der Waals surface area contributed by atoms with E-state index in [1.807, 2.05) is 36.4 Å². The van der Waals surface area contributed by atoms with Crippen LogP contribution in [0.3, 0.4) is 0 Å². The van der Waals surface area contributed by atoms with Crippen LogP contribution in [0.4, 0.5) is 0 Å². The van der Waals surface area contributed by atoms with Gasteiger partial charge < -0.3 is 14.8 Å². The third-order valence-corrected chi connectivity index (χ3v) is 4.76. The Morgan fingerprint density at radius 2 is 1.79 bits per heavy atom. The molecular weight excluding hydrogens is 366 g/mol. The van der Waals surface area contributed by atoms with Gasteiger partial charge in [0.2, 0.25) is 0 Å². The summed E-state index contributed by atoms with van der Waals surface area (Å²) in [6, 6.07) is 14.2. The minimum Gasteiger partial charge on any atom is -0.493 e. The van der Waals surface area contributed by atoms with E-state index in [1.54, 1.807) is 7.11 Å². The summed E-state index contributed by atoms with van der Waals surface area (Å²) < 4.78 is 12.4. The summed E-state index contributed by atoms with van der Waals surface area (Å²) in [5, 5.41) is 3.56. The maximum atomic E-state index is 5.97. The minimum atomic E-state index is 0.113. The first kappa shape index (κ1) is 18.8. The molecule has 0 spiro atoms. The third kappa shape index (κ3) is 5.25.